The molecule has 2 aromatic carbocycles. The third-order valence-electron chi connectivity index (χ3n) is 5.23. The number of nitrogens with one attached hydrogen (secondary N) is 1. The molecule has 3 N–H and O–H groups in total. The van der Waals surface area contributed by atoms with Crippen LogP contribution in [0.1, 0.15) is 50.2 Å². The van der Waals surface area contributed by atoms with Gasteiger partial charge in [-0.1, -0.05) is 42.0 Å². The second-order valence-electron chi connectivity index (χ2n) is 6.56. The van der Waals surface area contributed by atoms with Crippen molar-refractivity contribution in [1.82, 2.24) is 0 Å². The van der Waals surface area contributed by atoms with E-state index in [9.17, 15) is 19.8 Å². The standard InChI is InChI=1S/C20H16ClNO4/c21-15-9-8-14(20(25)26)16-10-6-3-7-11(10)17(22-18(15)16)12-4-1-2-5-13(12)19(23)24/h1-6,8-11,17,22H,7H2,(H,23,24)(H,25,26)/t10-,11-,17+/m0/s1. The monoisotopic (exact) mass is 369 g/mol. The topological polar surface area (TPSA) is 86.6 Å². The van der Waals surface area contributed by atoms with Crippen LogP contribution < -0.4 is 5.32 Å². The minimum Gasteiger partial charge on any atom is -0.478 e. The second-order valence-corrected chi connectivity index (χ2v) is 6.96. The Morgan fingerprint density at radius 2 is 1.77 bits per heavy atom. The summed E-state index contributed by atoms with van der Waals surface area (Å²) < 4.78 is 0. The maximum atomic E-state index is 11.7. The van der Waals surface area contributed by atoms with Gasteiger partial charge in [0.1, 0.15) is 0 Å². The Balaban J connectivity index is 1.90. The molecule has 0 radical (unpaired) electrons. The number of carboxylic acid groups (broad SMARTS) is 2. The molecule has 0 fully saturated rings. The predicted octanol–water partition coefficient (Wildman–Crippen LogP) is 4.56. The highest BCUT2D eigenvalue weighted by Gasteiger charge is 2.41. The molecule has 2 aromatic rings. The molecule has 3 atom stereocenters. The van der Waals surface area contributed by atoms with Gasteiger partial charge in [0.05, 0.1) is 27.9 Å². The van der Waals surface area contributed by atoms with Gasteiger partial charge in [-0.2, -0.15) is 0 Å². The van der Waals surface area contributed by atoms with Gasteiger partial charge in [-0.3, -0.25) is 0 Å². The van der Waals surface area contributed by atoms with Crippen LogP contribution >= 0.6 is 11.6 Å². The van der Waals surface area contributed by atoms with E-state index in [2.05, 4.69) is 5.32 Å². The van der Waals surface area contributed by atoms with Gasteiger partial charge in [0.25, 0.3) is 0 Å². The van der Waals surface area contributed by atoms with Crippen molar-refractivity contribution >= 4 is 29.2 Å². The lowest BCUT2D eigenvalue weighted by Crippen LogP contribution is -2.31. The van der Waals surface area contributed by atoms with Gasteiger partial charge < -0.3 is 15.5 Å². The highest BCUT2D eigenvalue weighted by Crippen LogP contribution is 2.53. The Labute approximate surface area is 154 Å². The van der Waals surface area contributed by atoms with Gasteiger partial charge in [0.15, 0.2) is 0 Å². The molecule has 0 saturated heterocycles. The van der Waals surface area contributed by atoms with Crippen molar-refractivity contribution in [3.05, 3.63) is 75.8 Å². The van der Waals surface area contributed by atoms with Gasteiger partial charge in [-0.15, -0.1) is 0 Å². The summed E-state index contributed by atoms with van der Waals surface area (Å²) in [6.45, 7) is 0. The lowest BCUT2D eigenvalue weighted by atomic mass is 9.74. The van der Waals surface area contributed by atoms with E-state index in [0.29, 0.717) is 21.8 Å². The molecule has 0 bridgehead atoms. The van der Waals surface area contributed by atoms with Crippen LogP contribution in [0.2, 0.25) is 5.02 Å². The molecule has 6 heteroatoms. The number of hydrogen-bond acceptors (Lipinski definition) is 3. The van der Waals surface area contributed by atoms with Crippen LogP contribution in [0.5, 0.6) is 0 Å². The minimum atomic E-state index is -0.997. The SMILES string of the molecule is O=C(O)c1ccccc1[C@@H]1Nc2c(Cl)ccc(C(=O)O)c2[C@H]2C=CC[C@@H]21. The summed E-state index contributed by atoms with van der Waals surface area (Å²) in [7, 11) is 0. The number of carbonyl (C=O) groups is 2. The van der Waals surface area contributed by atoms with E-state index in [1.54, 1.807) is 24.3 Å². The van der Waals surface area contributed by atoms with E-state index >= 15 is 0 Å². The summed E-state index contributed by atoms with van der Waals surface area (Å²) in [6, 6.07) is 9.72. The first kappa shape index (κ1) is 16.7. The Bertz CT molecular complexity index is 953. The molecule has 0 spiro atoms. The quantitative estimate of drug-likeness (QED) is 0.690. The molecule has 1 aliphatic heterocycles. The van der Waals surface area contributed by atoms with Crippen molar-refractivity contribution in [3.8, 4) is 0 Å². The third kappa shape index (κ3) is 2.47. The van der Waals surface area contributed by atoms with E-state index in [0.717, 1.165) is 6.42 Å². The molecule has 1 heterocycles. The van der Waals surface area contributed by atoms with Crippen molar-refractivity contribution < 1.29 is 19.8 Å². The minimum absolute atomic E-state index is 0.0274. The normalized spacial score (nSPS) is 23.0. The molecular weight excluding hydrogens is 354 g/mol. The molecule has 0 amide bonds. The van der Waals surface area contributed by atoms with Crippen LogP contribution in [0.15, 0.2) is 48.6 Å². The van der Waals surface area contributed by atoms with Crippen molar-refractivity contribution in [2.45, 2.75) is 18.4 Å². The van der Waals surface area contributed by atoms with Crippen LogP contribution in [-0.4, -0.2) is 22.2 Å². The molecule has 132 valence electrons. The van der Waals surface area contributed by atoms with Crippen LogP contribution in [0.4, 0.5) is 5.69 Å². The zero-order valence-electron chi connectivity index (χ0n) is 13.6. The average molecular weight is 370 g/mol. The molecule has 26 heavy (non-hydrogen) atoms. The molecule has 2 aliphatic rings. The number of hydrogen-bond donors (Lipinski definition) is 3. The van der Waals surface area contributed by atoms with Crippen molar-refractivity contribution in [3.63, 3.8) is 0 Å². The summed E-state index contributed by atoms with van der Waals surface area (Å²) in [5.74, 6) is -2.08. The molecule has 0 unspecified atom stereocenters. The number of aromatic carboxylic acids is 2. The molecule has 5 nitrogen and oxygen atoms in total. The van der Waals surface area contributed by atoms with E-state index in [4.69, 9.17) is 11.6 Å². The number of anilines is 1. The van der Waals surface area contributed by atoms with Gasteiger partial charge >= 0.3 is 11.9 Å². The summed E-state index contributed by atoms with van der Waals surface area (Å²) in [6.07, 6.45) is 4.76. The first-order valence-electron chi connectivity index (χ1n) is 8.30. The maximum absolute atomic E-state index is 11.7. The lowest BCUT2D eigenvalue weighted by Gasteiger charge is -2.39. The fraction of sp³-hybridized carbons (Fsp3) is 0.200. The van der Waals surface area contributed by atoms with Crippen LogP contribution in [0.25, 0.3) is 0 Å². The van der Waals surface area contributed by atoms with Crippen molar-refractivity contribution in [1.29, 1.82) is 0 Å². The van der Waals surface area contributed by atoms with Gasteiger partial charge in [-0.05, 0) is 41.7 Å². The zero-order chi connectivity index (χ0) is 18.4. The second kappa shape index (κ2) is 6.18. The largest absolute Gasteiger partial charge is 0.478 e. The first-order valence-corrected chi connectivity index (χ1v) is 8.68. The maximum Gasteiger partial charge on any atom is 0.336 e. The number of fused-ring (bicyclic) bond motifs is 3. The summed E-state index contributed by atoms with van der Waals surface area (Å²) in [5.41, 5.74) is 2.39. The zero-order valence-corrected chi connectivity index (χ0v) is 14.4. The Morgan fingerprint density at radius 1 is 1.04 bits per heavy atom. The highest BCUT2D eigenvalue weighted by molar-refractivity contribution is 6.33. The number of benzene rings is 2. The first-order chi connectivity index (χ1) is 12.5. The lowest BCUT2D eigenvalue weighted by molar-refractivity contribution is 0.0685. The Hall–Kier alpha value is -2.79. The van der Waals surface area contributed by atoms with Crippen LogP contribution in [0, 0.1) is 5.92 Å². The Kier molecular flexibility index (Phi) is 3.96. The van der Waals surface area contributed by atoms with Gasteiger partial charge in [0.2, 0.25) is 0 Å². The molecule has 0 saturated carbocycles. The number of halogens is 1. The average Bonchev–Trinajstić information content (AvgIpc) is 3.11. The van der Waals surface area contributed by atoms with Gasteiger partial charge in [-0.25, -0.2) is 9.59 Å². The molecule has 0 aromatic heterocycles. The van der Waals surface area contributed by atoms with Crippen molar-refractivity contribution in [2.75, 3.05) is 5.32 Å². The predicted molar refractivity (Wildman–Crippen MR) is 98.2 cm³/mol. The van der Waals surface area contributed by atoms with E-state index in [-0.39, 0.29) is 29.0 Å². The molecule has 1 aliphatic carbocycles. The van der Waals surface area contributed by atoms with Gasteiger partial charge in [0, 0.05) is 5.92 Å². The fourth-order valence-electron chi connectivity index (χ4n) is 4.13. The van der Waals surface area contributed by atoms with E-state index in [1.165, 1.54) is 6.07 Å². The van der Waals surface area contributed by atoms with Crippen LogP contribution in [-0.2, 0) is 0 Å². The van der Waals surface area contributed by atoms with Crippen LogP contribution in [0.3, 0.4) is 0 Å². The number of carboxylic acids is 2. The molecule has 4 rings (SSSR count). The number of rotatable bonds is 3. The summed E-state index contributed by atoms with van der Waals surface area (Å²) in [4.78, 5) is 23.4. The third-order valence-corrected chi connectivity index (χ3v) is 5.54. The molecular formula is C20H16ClNO4. The highest BCUT2D eigenvalue weighted by atomic mass is 35.5. The van der Waals surface area contributed by atoms with E-state index < -0.39 is 11.9 Å². The fourth-order valence-corrected chi connectivity index (χ4v) is 4.35. The Morgan fingerprint density at radius 3 is 2.50 bits per heavy atom. The number of allylic oxidation sites excluding steroid dienone is 2. The smallest absolute Gasteiger partial charge is 0.336 e. The van der Waals surface area contributed by atoms with Crippen molar-refractivity contribution in [2.24, 2.45) is 5.92 Å². The summed E-state index contributed by atoms with van der Waals surface area (Å²) in [5, 5.41) is 22.9. The van der Waals surface area contributed by atoms with E-state index in [1.807, 2.05) is 18.2 Å². The summed E-state index contributed by atoms with van der Waals surface area (Å²) >= 11 is 6.37.